The predicted octanol–water partition coefficient (Wildman–Crippen LogP) is 3.35. The Labute approximate surface area is 138 Å². The molecule has 0 N–H and O–H groups in total. The number of fused-ring (bicyclic) bond motifs is 1. The number of benzene rings is 2. The van der Waals surface area contributed by atoms with Crippen LogP contribution in [0.2, 0.25) is 0 Å². The minimum absolute atomic E-state index is 0.0557. The quantitative estimate of drug-likeness (QED) is 0.582. The highest BCUT2D eigenvalue weighted by Gasteiger charge is 2.16. The summed E-state index contributed by atoms with van der Waals surface area (Å²) in [6, 6.07) is 17.5. The number of aryl methyl sites for hydroxylation is 2. The van der Waals surface area contributed by atoms with E-state index in [1.54, 1.807) is 16.2 Å². The first-order chi connectivity index (χ1) is 11.6. The lowest BCUT2D eigenvalue weighted by molar-refractivity contribution is 0.537. The first-order valence-electron chi connectivity index (χ1n) is 7.81. The molecule has 0 saturated heterocycles. The van der Waals surface area contributed by atoms with Crippen LogP contribution in [0.3, 0.4) is 0 Å². The third-order valence-corrected chi connectivity index (χ3v) is 4.27. The topological polar surface area (TPSA) is 53.0 Å². The van der Waals surface area contributed by atoms with E-state index in [1.807, 2.05) is 61.5 Å². The van der Waals surface area contributed by atoms with Gasteiger partial charge >= 0.3 is 5.69 Å². The maximum absolute atomic E-state index is 12.5. The molecule has 5 heteroatoms. The SMILES string of the molecule is Cc1oc(-c2ccccc2)nc1Cn1c(=O)n(C)c2ccccc21. The number of nitrogens with zero attached hydrogens (tertiary/aromatic N) is 3. The summed E-state index contributed by atoms with van der Waals surface area (Å²) < 4.78 is 9.19. The molecule has 0 aliphatic rings. The lowest BCUT2D eigenvalue weighted by Gasteiger charge is -2.00. The Morgan fingerprint density at radius 2 is 1.67 bits per heavy atom. The van der Waals surface area contributed by atoms with Crippen molar-refractivity contribution in [2.45, 2.75) is 13.5 Å². The Morgan fingerprint density at radius 1 is 1.00 bits per heavy atom. The normalized spacial score (nSPS) is 11.2. The van der Waals surface area contributed by atoms with Gasteiger partial charge in [-0.1, -0.05) is 30.3 Å². The maximum atomic E-state index is 12.5. The van der Waals surface area contributed by atoms with Crippen molar-refractivity contribution in [2.75, 3.05) is 0 Å². The molecule has 0 unspecified atom stereocenters. The number of aromatic nitrogens is 3. The summed E-state index contributed by atoms with van der Waals surface area (Å²) in [4.78, 5) is 17.1. The molecule has 2 aromatic heterocycles. The minimum Gasteiger partial charge on any atom is -0.441 e. The van der Waals surface area contributed by atoms with Crippen molar-refractivity contribution in [3.05, 3.63) is 76.5 Å². The van der Waals surface area contributed by atoms with Crippen molar-refractivity contribution in [3.63, 3.8) is 0 Å². The van der Waals surface area contributed by atoms with Crippen LogP contribution in [0.1, 0.15) is 11.5 Å². The summed E-state index contributed by atoms with van der Waals surface area (Å²) in [5, 5.41) is 0. The van der Waals surface area contributed by atoms with Gasteiger partial charge in [0.2, 0.25) is 5.89 Å². The Morgan fingerprint density at radius 3 is 2.42 bits per heavy atom. The Hall–Kier alpha value is -3.08. The minimum atomic E-state index is -0.0557. The summed E-state index contributed by atoms with van der Waals surface area (Å²) in [7, 11) is 1.78. The van der Waals surface area contributed by atoms with Gasteiger partial charge in [-0.25, -0.2) is 9.78 Å². The molecule has 0 aliphatic heterocycles. The van der Waals surface area contributed by atoms with Crippen molar-refractivity contribution in [1.29, 1.82) is 0 Å². The summed E-state index contributed by atoms with van der Waals surface area (Å²) in [6.45, 7) is 2.27. The van der Waals surface area contributed by atoms with Gasteiger partial charge < -0.3 is 4.42 Å². The first kappa shape index (κ1) is 14.5. The lowest BCUT2D eigenvalue weighted by Crippen LogP contribution is -2.23. The lowest BCUT2D eigenvalue weighted by atomic mass is 10.2. The number of para-hydroxylation sites is 2. The van der Waals surface area contributed by atoms with Crippen molar-refractivity contribution in [3.8, 4) is 11.5 Å². The second kappa shape index (κ2) is 5.53. The Kier molecular flexibility index (Phi) is 3.34. The van der Waals surface area contributed by atoms with Crippen LogP contribution in [0.15, 0.2) is 63.8 Å². The largest absolute Gasteiger partial charge is 0.441 e. The van der Waals surface area contributed by atoms with Crippen molar-refractivity contribution in [2.24, 2.45) is 7.05 Å². The van der Waals surface area contributed by atoms with Crippen LogP contribution < -0.4 is 5.69 Å². The molecule has 0 amide bonds. The highest BCUT2D eigenvalue weighted by atomic mass is 16.4. The van der Waals surface area contributed by atoms with Crippen molar-refractivity contribution >= 4 is 11.0 Å². The van der Waals surface area contributed by atoms with E-state index in [0.29, 0.717) is 12.4 Å². The standard InChI is InChI=1S/C19H17N3O2/c1-13-15(20-18(24-13)14-8-4-3-5-9-14)12-22-17-11-7-6-10-16(17)21(2)19(22)23/h3-11H,12H2,1-2H3. The molecule has 4 aromatic rings. The molecule has 0 aliphatic carbocycles. The van der Waals surface area contributed by atoms with E-state index in [9.17, 15) is 4.79 Å². The molecule has 120 valence electrons. The average Bonchev–Trinajstić information content (AvgIpc) is 3.10. The maximum Gasteiger partial charge on any atom is 0.329 e. The summed E-state index contributed by atoms with van der Waals surface area (Å²) in [5.41, 5.74) is 3.45. The van der Waals surface area contributed by atoms with E-state index in [1.165, 1.54) is 0 Å². The van der Waals surface area contributed by atoms with Crippen LogP contribution in [0.4, 0.5) is 0 Å². The number of hydrogen-bond donors (Lipinski definition) is 0. The molecule has 0 fully saturated rings. The summed E-state index contributed by atoms with van der Waals surface area (Å²) >= 11 is 0. The van der Waals surface area contributed by atoms with Crippen LogP contribution in [0, 0.1) is 6.92 Å². The zero-order chi connectivity index (χ0) is 16.7. The zero-order valence-electron chi connectivity index (χ0n) is 13.6. The highest BCUT2D eigenvalue weighted by molar-refractivity contribution is 5.76. The number of imidazole rings is 1. The smallest absolute Gasteiger partial charge is 0.329 e. The molecule has 4 rings (SSSR count). The van der Waals surface area contributed by atoms with Gasteiger partial charge in [-0.05, 0) is 31.2 Å². The van der Waals surface area contributed by atoms with Crippen LogP contribution in [0.5, 0.6) is 0 Å². The molecule has 0 atom stereocenters. The van der Waals surface area contributed by atoms with Gasteiger partial charge in [0.05, 0.1) is 17.6 Å². The van der Waals surface area contributed by atoms with Gasteiger partial charge in [0.1, 0.15) is 11.5 Å². The third kappa shape index (κ3) is 2.25. The number of oxazole rings is 1. The van der Waals surface area contributed by atoms with Gasteiger partial charge in [-0.15, -0.1) is 0 Å². The van der Waals surface area contributed by atoms with Crippen LogP contribution in [0.25, 0.3) is 22.5 Å². The van der Waals surface area contributed by atoms with Crippen LogP contribution in [-0.4, -0.2) is 14.1 Å². The first-order valence-corrected chi connectivity index (χ1v) is 7.81. The molecule has 0 bridgehead atoms. The van der Waals surface area contributed by atoms with E-state index >= 15 is 0 Å². The van der Waals surface area contributed by atoms with E-state index in [-0.39, 0.29) is 5.69 Å². The van der Waals surface area contributed by atoms with E-state index in [2.05, 4.69) is 4.98 Å². The molecule has 5 nitrogen and oxygen atoms in total. The number of rotatable bonds is 3. The van der Waals surface area contributed by atoms with E-state index < -0.39 is 0 Å². The van der Waals surface area contributed by atoms with Gasteiger partial charge in [0.25, 0.3) is 0 Å². The molecule has 24 heavy (non-hydrogen) atoms. The average molecular weight is 319 g/mol. The summed E-state index contributed by atoms with van der Waals surface area (Å²) in [6.07, 6.45) is 0. The fourth-order valence-electron chi connectivity index (χ4n) is 2.94. The predicted molar refractivity (Wildman–Crippen MR) is 93.0 cm³/mol. The van der Waals surface area contributed by atoms with Crippen LogP contribution >= 0.6 is 0 Å². The Balaban J connectivity index is 1.79. The second-order valence-electron chi connectivity index (χ2n) is 5.80. The summed E-state index contributed by atoms with van der Waals surface area (Å²) in [5.74, 6) is 1.31. The molecule has 0 spiro atoms. The van der Waals surface area contributed by atoms with E-state index in [4.69, 9.17) is 4.42 Å². The monoisotopic (exact) mass is 319 g/mol. The van der Waals surface area contributed by atoms with Crippen LogP contribution in [-0.2, 0) is 13.6 Å². The van der Waals surface area contributed by atoms with Gasteiger partial charge in [-0.2, -0.15) is 0 Å². The van der Waals surface area contributed by atoms with Gasteiger partial charge in [-0.3, -0.25) is 9.13 Å². The Bertz CT molecular complexity index is 1070. The molecule has 0 saturated carbocycles. The third-order valence-electron chi connectivity index (χ3n) is 4.27. The molecule has 2 aromatic carbocycles. The van der Waals surface area contributed by atoms with E-state index in [0.717, 1.165) is 28.1 Å². The fraction of sp³-hybridized carbons (Fsp3) is 0.158. The zero-order valence-corrected chi connectivity index (χ0v) is 13.6. The van der Waals surface area contributed by atoms with Gasteiger partial charge in [0.15, 0.2) is 0 Å². The highest BCUT2D eigenvalue weighted by Crippen LogP contribution is 2.22. The molecule has 0 radical (unpaired) electrons. The molecular weight excluding hydrogens is 302 g/mol. The number of hydrogen-bond acceptors (Lipinski definition) is 3. The molecular formula is C19H17N3O2. The molecule has 2 heterocycles. The fourth-order valence-corrected chi connectivity index (χ4v) is 2.94. The van der Waals surface area contributed by atoms with Crippen molar-refractivity contribution in [1.82, 2.24) is 14.1 Å². The van der Waals surface area contributed by atoms with Crippen molar-refractivity contribution < 1.29 is 4.42 Å². The van der Waals surface area contributed by atoms with Gasteiger partial charge in [0, 0.05) is 12.6 Å². The second-order valence-corrected chi connectivity index (χ2v) is 5.80.